The molecule has 2 aromatic rings. The zero-order valence-corrected chi connectivity index (χ0v) is 12.9. The first-order chi connectivity index (χ1) is 10.3. The fourth-order valence-electron chi connectivity index (χ4n) is 2.93. The smallest absolute Gasteiger partial charge is 0.122 e. The summed E-state index contributed by atoms with van der Waals surface area (Å²) in [5.41, 5.74) is 1.14. The summed E-state index contributed by atoms with van der Waals surface area (Å²) >= 11 is 6.20. The first kappa shape index (κ1) is 14.6. The quantitative estimate of drug-likeness (QED) is 0.878. The highest BCUT2D eigenvalue weighted by Gasteiger charge is 2.25. The largest absolute Gasteiger partial charge is 0.468 e. The molecule has 0 radical (unpaired) electrons. The van der Waals surface area contributed by atoms with Gasteiger partial charge in [0, 0.05) is 18.1 Å². The molecule has 1 aromatic heterocycles. The van der Waals surface area contributed by atoms with E-state index in [0.29, 0.717) is 6.04 Å². The molecular weight excluding hydrogens is 284 g/mol. The summed E-state index contributed by atoms with van der Waals surface area (Å²) < 4.78 is 5.63. The summed E-state index contributed by atoms with van der Waals surface area (Å²) in [5, 5.41) is 4.34. The minimum atomic E-state index is 0.310. The first-order valence-electron chi connectivity index (χ1n) is 7.56. The van der Waals surface area contributed by atoms with Gasteiger partial charge in [-0.1, -0.05) is 29.8 Å². The minimum absolute atomic E-state index is 0.310. The van der Waals surface area contributed by atoms with Gasteiger partial charge in [-0.25, -0.2) is 0 Å². The summed E-state index contributed by atoms with van der Waals surface area (Å²) in [6.45, 7) is 3.96. The van der Waals surface area contributed by atoms with Crippen LogP contribution in [0.5, 0.6) is 0 Å². The SMILES string of the molecule is Clc1ccccc1CNCC(c1ccco1)N1CCCC1. The average molecular weight is 305 g/mol. The Morgan fingerprint density at radius 2 is 1.95 bits per heavy atom. The van der Waals surface area contributed by atoms with E-state index in [-0.39, 0.29) is 0 Å². The maximum atomic E-state index is 6.20. The Morgan fingerprint density at radius 3 is 2.67 bits per heavy atom. The van der Waals surface area contributed by atoms with Crippen LogP contribution in [0, 0.1) is 0 Å². The Morgan fingerprint density at radius 1 is 1.14 bits per heavy atom. The second-order valence-electron chi connectivity index (χ2n) is 5.50. The lowest BCUT2D eigenvalue weighted by Crippen LogP contribution is -2.33. The van der Waals surface area contributed by atoms with E-state index < -0.39 is 0 Å². The molecule has 0 bridgehead atoms. The molecule has 1 aliphatic rings. The molecule has 0 spiro atoms. The number of furan rings is 1. The Labute approximate surface area is 130 Å². The van der Waals surface area contributed by atoms with Crippen molar-refractivity contribution in [3.05, 3.63) is 59.0 Å². The van der Waals surface area contributed by atoms with Gasteiger partial charge >= 0.3 is 0 Å². The van der Waals surface area contributed by atoms with Gasteiger partial charge in [0.05, 0.1) is 12.3 Å². The van der Waals surface area contributed by atoms with Gasteiger partial charge in [-0.2, -0.15) is 0 Å². The first-order valence-corrected chi connectivity index (χ1v) is 7.94. The minimum Gasteiger partial charge on any atom is -0.468 e. The van der Waals surface area contributed by atoms with Gasteiger partial charge in [-0.15, -0.1) is 0 Å². The summed E-state index contributed by atoms with van der Waals surface area (Å²) in [6, 6.07) is 12.3. The van der Waals surface area contributed by atoms with Crippen molar-refractivity contribution in [3.63, 3.8) is 0 Å². The van der Waals surface area contributed by atoms with E-state index in [4.69, 9.17) is 16.0 Å². The van der Waals surface area contributed by atoms with Crippen LogP contribution >= 0.6 is 11.6 Å². The van der Waals surface area contributed by atoms with Crippen molar-refractivity contribution in [2.24, 2.45) is 0 Å². The predicted molar refractivity (Wildman–Crippen MR) is 85.4 cm³/mol. The molecule has 4 heteroatoms. The molecule has 1 unspecified atom stereocenters. The van der Waals surface area contributed by atoms with Crippen molar-refractivity contribution >= 4 is 11.6 Å². The molecule has 1 fully saturated rings. The van der Waals surface area contributed by atoms with E-state index in [2.05, 4.69) is 22.3 Å². The number of rotatable bonds is 6. The summed E-state index contributed by atoms with van der Waals surface area (Å²) in [4.78, 5) is 2.50. The fourth-order valence-corrected chi connectivity index (χ4v) is 3.13. The number of nitrogens with zero attached hydrogens (tertiary/aromatic N) is 1. The van der Waals surface area contributed by atoms with Crippen LogP contribution in [-0.2, 0) is 6.54 Å². The fraction of sp³-hybridized carbons (Fsp3) is 0.412. The van der Waals surface area contributed by atoms with Gasteiger partial charge < -0.3 is 9.73 Å². The lowest BCUT2D eigenvalue weighted by Gasteiger charge is -2.26. The van der Waals surface area contributed by atoms with E-state index in [1.807, 2.05) is 24.3 Å². The maximum absolute atomic E-state index is 6.20. The topological polar surface area (TPSA) is 28.4 Å². The molecule has 1 saturated heterocycles. The highest BCUT2D eigenvalue weighted by Crippen LogP contribution is 2.25. The molecule has 0 aliphatic carbocycles. The zero-order chi connectivity index (χ0) is 14.5. The van der Waals surface area contributed by atoms with Gasteiger partial charge in [-0.3, -0.25) is 4.90 Å². The van der Waals surface area contributed by atoms with Crippen molar-refractivity contribution < 1.29 is 4.42 Å². The number of benzene rings is 1. The Hall–Kier alpha value is -1.29. The molecule has 2 heterocycles. The Balaban J connectivity index is 1.61. The Kier molecular flexibility index (Phi) is 4.96. The van der Waals surface area contributed by atoms with Gasteiger partial charge in [0.1, 0.15) is 5.76 Å². The molecule has 0 saturated carbocycles. The van der Waals surface area contributed by atoms with Crippen LogP contribution in [0.4, 0.5) is 0 Å². The van der Waals surface area contributed by atoms with Gasteiger partial charge in [0.25, 0.3) is 0 Å². The number of halogens is 1. The number of hydrogen-bond acceptors (Lipinski definition) is 3. The highest BCUT2D eigenvalue weighted by molar-refractivity contribution is 6.31. The third kappa shape index (κ3) is 3.67. The summed E-state index contributed by atoms with van der Waals surface area (Å²) in [5.74, 6) is 1.04. The van der Waals surface area contributed by atoms with Crippen LogP contribution in [-0.4, -0.2) is 24.5 Å². The molecule has 3 nitrogen and oxygen atoms in total. The van der Waals surface area contributed by atoms with Crippen molar-refractivity contribution in [2.45, 2.75) is 25.4 Å². The zero-order valence-electron chi connectivity index (χ0n) is 12.1. The van der Waals surface area contributed by atoms with E-state index in [1.165, 1.54) is 12.8 Å². The van der Waals surface area contributed by atoms with E-state index in [9.17, 15) is 0 Å². The highest BCUT2D eigenvalue weighted by atomic mass is 35.5. The van der Waals surface area contributed by atoms with Crippen LogP contribution in [0.1, 0.15) is 30.2 Å². The molecule has 1 aromatic carbocycles. The molecule has 1 aliphatic heterocycles. The monoisotopic (exact) mass is 304 g/mol. The molecule has 21 heavy (non-hydrogen) atoms. The van der Waals surface area contributed by atoms with E-state index in [0.717, 1.165) is 42.5 Å². The molecule has 3 rings (SSSR count). The van der Waals surface area contributed by atoms with Crippen LogP contribution in [0.2, 0.25) is 5.02 Å². The normalized spacial score (nSPS) is 17.2. The second-order valence-corrected chi connectivity index (χ2v) is 5.90. The second kappa shape index (κ2) is 7.12. The van der Waals surface area contributed by atoms with E-state index in [1.54, 1.807) is 6.26 Å². The maximum Gasteiger partial charge on any atom is 0.122 e. The average Bonchev–Trinajstić information content (AvgIpc) is 3.19. The summed E-state index contributed by atoms with van der Waals surface area (Å²) in [6.07, 6.45) is 4.32. The van der Waals surface area contributed by atoms with Crippen molar-refractivity contribution in [1.82, 2.24) is 10.2 Å². The number of hydrogen-bond donors (Lipinski definition) is 1. The summed E-state index contributed by atoms with van der Waals surface area (Å²) in [7, 11) is 0. The van der Waals surface area contributed by atoms with Crippen LogP contribution in [0.25, 0.3) is 0 Å². The van der Waals surface area contributed by atoms with Gasteiger partial charge in [0.2, 0.25) is 0 Å². The third-order valence-corrected chi connectivity index (χ3v) is 4.43. The van der Waals surface area contributed by atoms with Crippen molar-refractivity contribution in [2.75, 3.05) is 19.6 Å². The van der Waals surface area contributed by atoms with Gasteiger partial charge in [-0.05, 0) is 49.7 Å². The molecule has 1 atom stereocenters. The third-order valence-electron chi connectivity index (χ3n) is 4.06. The number of nitrogens with one attached hydrogen (secondary N) is 1. The van der Waals surface area contributed by atoms with Gasteiger partial charge in [0.15, 0.2) is 0 Å². The molecule has 112 valence electrons. The van der Waals surface area contributed by atoms with Crippen LogP contribution in [0.3, 0.4) is 0 Å². The van der Waals surface area contributed by atoms with Crippen molar-refractivity contribution in [1.29, 1.82) is 0 Å². The molecule has 0 amide bonds. The van der Waals surface area contributed by atoms with Crippen LogP contribution < -0.4 is 5.32 Å². The molecule has 1 N–H and O–H groups in total. The van der Waals surface area contributed by atoms with Crippen molar-refractivity contribution in [3.8, 4) is 0 Å². The predicted octanol–water partition coefficient (Wildman–Crippen LogP) is 3.86. The van der Waals surface area contributed by atoms with E-state index >= 15 is 0 Å². The lowest BCUT2D eigenvalue weighted by molar-refractivity contribution is 0.209. The van der Waals surface area contributed by atoms with Crippen LogP contribution in [0.15, 0.2) is 47.1 Å². The lowest BCUT2D eigenvalue weighted by atomic mass is 10.1. The number of likely N-dealkylation sites (tertiary alicyclic amines) is 1. The standard InChI is InChI=1S/C17H21ClN2O/c18-15-7-2-1-6-14(15)12-19-13-16(17-8-5-11-21-17)20-9-3-4-10-20/h1-2,5-8,11,16,19H,3-4,9-10,12-13H2. The Bertz CT molecular complexity index is 550. The molecular formula is C17H21ClN2O.